The zero-order valence-electron chi connectivity index (χ0n) is 6.15. The van der Waals surface area contributed by atoms with Gasteiger partial charge < -0.3 is 0 Å². The van der Waals surface area contributed by atoms with Gasteiger partial charge in [0.05, 0.1) is 0 Å². The van der Waals surface area contributed by atoms with Crippen LogP contribution in [0, 0.1) is 0 Å². The number of hydrogen-bond acceptors (Lipinski definition) is 0. The van der Waals surface area contributed by atoms with Crippen molar-refractivity contribution in [1.82, 2.24) is 0 Å². The van der Waals surface area contributed by atoms with Crippen LogP contribution in [0.15, 0.2) is 12.2 Å². The van der Waals surface area contributed by atoms with Crippen molar-refractivity contribution in [3.8, 4) is 0 Å². The molecule has 0 saturated carbocycles. The summed E-state index contributed by atoms with van der Waals surface area (Å²) in [5.74, 6) is 0.853. The average molecular weight is 110 g/mol. The summed E-state index contributed by atoms with van der Waals surface area (Å²) in [5.41, 5.74) is 0. The van der Waals surface area contributed by atoms with Gasteiger partial charge in [0.15, 0.2) is 0 Å². The molecule has 0 radical (unpaired) electrons. The van der Waals surface area contributed by atoms with E-state index < -0.39 is 0 Å². The molecule has 0 bridgehead atoms. The lowest BCUT2D eigenvalue weighted by Crippen LogP contribution is -1.90. The first-order valence-corrected chi connectivity index (χ1v) is 3.38. The third-order valence-corrected chi connectivity index (χ3v) is 1.15. The molecule has 0 N–H and O–H groups in total. The minimum atomic E-state index is 0.853. The minimum absolute atomic E-state index is 0.853. The van der Waals surface area contributed by atoms with E-state index in [4.69, 9.17) is 0 Å². The topological polar surface area (TPSA) is 0 Å². The number of hydrogen-bond donors (Lipinski definition) is 0. The zero-order valence-corrected chi connectivity index (χ0v) is 6.15. The molecular formula is C7H15B. The van der Waals surface area contributed by atoms with Crippen molar-refractivity contribution < 1.29 is 0 Å². The maximum Gasteiger partial charge on any atom is 0.127 e. The molecule has 0 aliphatic carbocycles. The van der Waals surface area contributed by atoms with Crippen molar-refractivity contribution in [3.63, 3.8) is 0 Å². The van der Waals surface area contributed by atoms with Crippen molar-refractivity contribution in [3.05, 3.63) is 12.2 Å². The van der Waals surface area contributed by atoms with Crippen LogP contribution >= 0.6 is 0 Å². The summed E-state index contributed by atoms with van der Waals surface area (Å²) in [7, 11) is 1.32. The SMILES string of the molecule is C/C=C/CBC(C)C. The minimum Gasteiger partial charge on any atom is -0.0963 e. The van der Waals surface area contributed by atoms with Crippen molar-refractivity contribution >= 4 is 7.28 Å². The van der Waals surface area contributed by atoms with E-state index in [2.05, 4.69) is 32.9 Å². The smallest absolute Gasteiger partial charge is 0.0963 e. The van der Waals surface area contributed by atoms with Crippen LogP contribution in [0.1, 0.15) is 20.8 Å². The molecule has 0 spiro atoms. The van der Waals surface area contributed by atoms with Crippen LogP contribution in [0.2, 0.25) is 12.1 Å². The molecule has 0 aromatic rings. The van der Waals surface area contributed by atoms with Crippen molar-refractivity contribution in [2.45, 2.75) is 32.9 Å². The van der Waals surface area contributed by atoms with E-state index in [1.165, 1.54) is 13.6 Å². The second-order valence-corrected chi connectivity index (χ2v) is 2.54. The Labute approximate surface area is 53.2 Å². The Morgan fingerprint density at radius 3 is 2.50 bits per heavy atom. The standard InChI is InChI=1S/C7H15B/c1-4-5-6-8-7(2)3/h4-5,7-8H,6H2,1-3H3/b5-4+. The summed E-state index contributed by atoms with van der Waals surface area (Å²) in [6.07, 6.45) is 5.58. The normalized spacial score (nSPS) is 11.0. The van der Waals surface area contributed by atoms with Crippen LogP contribution in [0.25, 0.3) is 0 Å². The molecule has 0 aromatic carbocycles. The largest absolute Gasteiger partial charge is 0.127 e. The van der Waals surface area contributed by atoms with Crippen molar-refractivity contribution in [2.24, 2.45) is 0 Å². The second-order valence-electron chi connectivity index (χ2n) is 2.54. The van der Waals surface area contributed by atoms with Gasteiger partial charge in [0.1, 0.15) is 7.28 Å². The third-order valence-electron chi connectivity index (χ3n) is 1.15. The molecule has 0 atom stereocenters. The van der Waals surface area contributed by atoms with Gasteiger partial charge in [-0.1, -0.05) is 38.1 Å². The van der Waals surface area contributed by atoms with Gasteiger partial charge >= 0.3 is 0 Å². The molecule has 0 nitrogen and oxygen atoms in total. The lowest BCUT2D eigenvalue weighted by Gasteiger charge is -1.94. The van der Waals surface area contributed by atoms with Crippen molar-refractivity contribution in [2.75, 3.05) is 0 Å². The van der Waals surface area contributed by atoms with Gasteiger partial charge in [0, 0.05) is 0 Å². The summed E-state index contributed by atoms with van der Waals surface area (Å²) in [6.45, 7) is 6.58. The van der Waals surface area contributed by atoms with E-state index >= 15 is 0 Å². The fourth-order valence-corrected chi connectivity index (χ4v) is 0.596. The molecule has 0 aliphatic rings. The Morgan fingerprint density at radius 2 is 2.12 bits per heavy atom. The molecule has 0 aliphatic heterocycles. The van der Waals surface area contributed by atoms with Gasteiger partial charge in [-0.15, -0.1) is 0 Å². The van der Waals surface area contributed by atoms with E-state index in [-0.39, 0.29) is 0 Å². The van der Waals surface area contributed by atoms with Crippen LogP contribution in [0.3, 0.4) is 0 Å². The van der Waals surface area contributed by atoms with Crippen molar-refractivity contribution in [1.29, 1.82) is 0 Å². The van der Waals surface area contributed by atoms with Crippen LogP contribution in [0.5, 0.6) is 0 Å². The molecule has 0 aromatic heterocycles. The molecule has 8 heavy (non-hydrogen) atoms. The van der Waals surface area contributed by atoms with E-state index in [0.717, 1.165) is 5.82 Å². The summed E-state index contributed by atoms with van der Waals surface area (Å²) in [5, 5.41) is 0. The summed E-state index contributed by atoms with van der Waals surface area (Å²) < 4.78 is 0. The van der Waals surface area contributed by atoms with Crippen LogP contribution in [-0.4, -0.2) is 7.28 Å². The quantitative estimate of drug-likeness (QED) is 0.386. The van der Waals surface area contributed by atoms with Crippen LogP contribution in [-0.2, 0) is 0 Å². The maximum atomic E-state index is 2.25. The van der Waals surface area contributed by atoms with E-state index in [1.807, 2.05) is 0 Å². The van der Waals surface area contributed by atoms with Gasteiger partial charge in [0.2, 0.25) is 0 Å². The molecule has 0 saturated heterocycles. The Hall–Kier alpha value is -0.195. The molecule has 0 heterocycles. The molecule has 0 rings (SSSR count). The first kappa shape index (κ1) is 7.80. The molecule has 46 valence electrons. The van der Waals surface area contributed by atoms with Gasteiger partial charge in [-0.25, -0.2) is 0 Å². The average Bonchev–Trinajstić information content (AvgIpc) is 1.66. The predicted octanol–water partition coefficient (Wildman–Crippen LogP) is 2.25. The fourth-order valence-electron chi connectivity index (χ4n) is 0.596. The number of allylic oxidation sites excluding steroid dienone is 2. The highest BCUT2D eigenvalue weighted by molar-refractivity contribution is 6.37. The van der Waals surface area contributed by atoms with Gasteiger partial charge in [-0.2, -0.15) is 0 Å². The lowest BCUT2D eigenvalue weighted by atomic mass is 9.64. The monoisotopic (exact) mass is 110 g/mol. The zero-order chi connectivity index (χ0) is 6.41. The highest BCUT2D eigenvalue weighted by atomic mass is 13.7. The predicted molar refractivity (Wildman–Crippen MR) is 41.9 cm³/mol. The summed E-state index contributed by atoms with van der Waals surface area (Å²) in [6, 6.07) is 0. The first-order chi connectivity index (χ1) is 3.77. The maximum absolute atomic E-state index is 2.25. The third kappa shape index (κ3) is 5.80. The Balaban J connectivity index is 2.93. The summed E-state index contributed by atoms with van der Waals surface area (Å²) >= 11 is 0. The Morgan fingerprint density at radius 1 is 1.50 bits per heavy atom. The fraction of sp³-hybridized carbons (Fsp3) is 0.714. The van der Waals surface area contributed by atoms with Crippen LogP contribution < -0.4 is 0 Å². The molecule has 1 heteroatoms. The van der Waals surface area contributed by atoms with E-state index in [9.17, 15) is 0 Å². The van der Waals surface area contributed by atoms with E-state index in [0.29, 0.717) is 0 Å². The van der Waals surface area contributed by atoms with E-state index in [1.54, 1.807) is 0 Å². The van der Waals surface area contributed by atoms with Gasteiger partial charge in [-0.3, -0.25) is 0 Å². The molecule has 0 amide bonds. The van der Waals surface area contributed by atoms with Gasteiger partial charge in [0.25, 0.3) is 0 Å². The van der Waals surface area contributed by atoms with Crippen LogP contribution in [0.4, 0.5) is 0 Å². The second kappa shape index (κ2) is 4.95. The first-order valence-electron chi connectivity index (χ1n) is 3.38. The lowest BCUT2D eigenvalue weighted by molar-refractivity contribution is 1.05. The Kier molecular flexibility index (Phi) is 4.83. The molecule has 0 fully saturated rings. The number of rotatable bonds is 3. The van der Waals surface area contributed by atoms with Gasteiger partial charge in [-0.05, 0) is 6.92 Å². The Bertz CT molecular complexity index is 64.8. The molecular weight excluding hydrogens is 94.9 g/mol. The summed E-state index contributed by atoms with van der Waals surface area (Å²) in [4.78, 5) is 0. The highest BCUT2D eigenvalue weighted by Gasteiger charge is 1.91. The molecule has 0 unspecified atom stereocenters. The highest BCUT2D eigenvalue weighted by Crippen LogP contribution is 1.99.